The molecule has 1 aliphatic rings. The van der Waals surface area contributed by atoms with Crippen molar-refractivity contribution in [2.75, 3.05) is 6.61 Å². The van der Waals surface area contributed by atoms with Gasteiger partial charge in [-0.3, -0.25) is 4.98 Å². The van der Waals surface area contributed by atoms with Gasteiger partial charge in [-0.1, -0.05) is 11.8 Å². The zero-order valence-electron chi connectivity index (χ0n) is 15.8. The highest BCUT2D eigenvalue weighted by atomic mass is 79.9. The van der Waals surface area contributed by atoms with Crippen molar-refractivity contribution >= 4 is 33.4 Å². The summed E-state index contributed by atoms with van der Waals surface area (Å²) >= 11 is 4.42. The Kier molecular flexibility index (Phi) is 7.83. The minimum atomic E-state index is -1.62. The lowest BCUT2D eigenvalue weighted by molar-refractivity contribution is -0.164. The van der Waals surface area contributed by atoms with Crippen LogP contribution in [0.5, 0.6) is 0 Å². The maximum atomic E-state index is 13.4. The van der Waals surface area contributed by atoms with Gasteiger partial charge in [-0.05, 0) is 34.1 Å². The third-order valence-electron chi connectivity index (χ3n) is 4.56. The largest absolute Gasteiger partial charge is 0.397 e. The van der Waals surface area contributed by atoms with Crippen molar-refractivity contribution in [2.24, 2.45) is 5.73 Å². The molecule has 0 saturated carbocycles. The number of hydrogen-bond donors (Lipinski definition) is 5. The van der Waals surface area contributed by atoms with Crippen molar-refractivity contribution in [3.05, 3.63) is 64.3 Å². The molecule has 2 aromatic rings. The predicted molar refractivity (Wildman–Crippen MR) is 111 cm³/mol. The van der Waals surface area contributed by atoms with E-state index < -0.39 is 53.8 Å². The van der Waals surface area contributed by atoms with E-state index in [1.165, 1.54) is 0 Å². The molecular formula is C19H19BrF3N3O4S. The number of rotatable bonds is 6. The van der Waals surface area contributed by atoms with Gasteiger partial charge in [0.1, 0.15) is 23.7 Å². The average Bonchev–Trinajstić information content (AvgIpc) is 2.73. The van der Waals surface area contributed by atoms with Gasteiger partial charge in [0.15, 0.2) is 17.5 Å². The first-order chi connectivity index (χ1) is 14.7. The number of benzene rings is 1. The van der Waals surface area contributed by atoms with E-state index in [4.69, 9.17) is 10.5 Å². The summed E-state index contributed by atoms with van der Waals surface area (Å²) in [5.74, 6) is -4.43. The summed E-state index contributed by atoms with van der Waals surface area (Å²) in [5.41, 5.74) is 4.63. The lowest BCUT2D eigenvalue weighted by atomic mass is 9.97. The van der Waals surface area contributed by atoms with Crippen molar-refractivity contribution in [3.63, 3.8) is 0 Å². The number of hydrogen-bond acceptors (Lipinski definition) is 8. The first-order valence-electron chi connectivity index (χ1n) is 8.97. The predicted octanol–water partition coefficient (Wildman–Crippen LogP) is 1.71. The minimum Gasteiger partial charge on any atom is -0.397 e. The van der Waals surface area contributed by atoms with E-state index in [2.05, 4.69) is 26.2 Å². The summed E-state index contributed by atoms with van der Waals surface area (Å²) in [6, 6.07) is 2.15. The summed E-state index contributed by atoms with van der Waals surface area (Å²) < 4.78 is 46.4. The van der Waals surface area contributed by atoms with Crippen molar-refractivity contribution in [3.8, 4) is 0 Å². The fourth-order valence-corrected chi connectivity index (χ4v) is 4.57. The third-order valence-corrected chi connectivity index (χ3v) is 6.12. The van der Waals surface area contributed by atoms with E-state index in [1.807, 2.05) is 0 Å². The molecule has 1 aliphatic heterocycles. The minimum absolute atomic E-state index is 0.134. The van der Waals surface area contributed by atoms with E-state index in [9.17, 15) is 28.5 Å². The number of nitrogens with zero attached hydrogens (tertiary/aromatic N) is 1. The lowest BCUT2D eigenvalue weighted by Gasteiger charge is -2.42. The van der Waals surface area contributed by atoms with Gasteiger partial charge in [-0.15, -0.1) is 0 Å². The lowest BCUT2D eigenvalue weighted by Crippen LogP contribution is -2.62. The van der Waals surface area contributed by atoms with Crippen molar-refractivity contribution in [1.82, 2.24) is 10.3 Å². The molecule has 1 aromatic heterocycles. The van der Waals surface area contributed by atoms with Crippen LogP contribution in [-0.4, -0.2) is 56.7 Å². The van der Waals surface area contributed by atoms with Crippen LogP contribution in [0.15, 0.2) is 46.2 Å². The molecule has 1 aromatic carbocycles. The number of aromatic nitrogens is 1. The number of nitrogens with two attached hydrogens (primary N) is 1. The zero-order chi connectivity index (χ0) is 22.7. The van der Waals surface area contributed by atoms with E-state index in [1.54, 1.807) is 18.5 Å². The highest BCUT2D eigenvalue weighted by Crippen LogP contribution is 2.34. The first-order valence-corrected chi connectivity index (χ1v) is 10.6. The monoisotopic (exact) mass is 521 g/mol. The van der Waals surface area contributed by atoms with Crippen molar-refractivity contribution in [2.45, 2.75) is 34.7 Å². The summed E-state index contributed by atoms with van der Waals surface area (Å²) in [6.07, 6.45) is 0.652. The molecule has 1 saturated heterocycles. The highest BCUT2D eigenvalue weighted by molar-refractivity contribution is 9.10. The van der Waals surface area contributed by atoms with Crippen molar-refractivity contribution in [1.29, 1.82) is 0 Å². The smallest absolute Gasteiger partial charge is 0.194 e. The van der Waals surface area contributed by atoms with Gasteiger partial charge < -0.3 is 31.1 Å². The summed E-state index contributed by atoms with van der Waals surface area (Å²) in [6.45, 7) is -0.520. The highest BCUT2D eigenvalue weighted by Gasteiger charge is 2.44. The van der Waals surface area contributed by atoms with Crippen LogP contribution in [0.3, 0.4) is 0 Å². The van der Waals surface area contributed by atoms with Crippen LogP contribution >= 0.6 is 27.7 Å². The van der Waals surface area contributed by atoms with Crippen LogP contribution in [0.2, 0.25) is 0 Å². The Morgan fingerprint density at radius 3 is 2.48 bits per heavy atom. The third kappa shape index (κ3) is 5.51. The van der Waals surface area contributed by atoms with Gasteiger partial charge in [0.25, 0.3) is 0 Å². The number of halogens is 4. The molecule has 0 spiro atoms. The Bertz CT molecular complexity index is 948. The standard InChI is InChI=1S/C19H19BrF3N3O4S/c20-9-3-10(5-25-4-9)31-19-18(29)16(17(28)14(7-27)30-19)26-6-13(24)8-1-11(21)15(23)12(22)2-8/h1-6,14,16-19,26-29H,7,24H2/b13-6-. The molecule has 0 bridgehead atoms. The van der Waals surface area contributed by atoms with Gasteiger partial charge in [0, 0.05) is 33.5 Å². The van der Waals surface area contributed by atoms with Gasteiger partial charge in [0.2, 0.25) is 0 Å². The maximum Gasteiger partial charge on any atom is 0.194 e. The topological polar surface area (TPSA) is 121 Å². The molecule has 0 aliphatic carbocycles. The Labute approximate surface area is 188 Å². The summed E-state index contributed by atoms with van der Waals surface area (Å²) in [7, 11) is 0. The number of aliphatic hydroxyl groups excluding tert-OH is 3. The SMILES string of the molecule is N/C(=C\NC1C(O)C(CO)OC(Sc2cncc(Br)c2)C1O)c1cc(F)c(F)c(F)c1. The Hall–Kier alpha value is -1.83. The maximum absolute atomic E-state index is 13.4. The van der Waals surface area contributed by atoms with Crippen LogP contribution in [0, 0.1) is 17.5 Å². The van der Waals surface area contributed by atoms with Crippen LogP contribution in [0.25, 0.3) is 5.70 Å². The molecule has 5 unspecified atom stereocenters. The van der Waals surface area contributed by atoms with Gasteiger partial charge in [0.05, 0.1) is 18.3 Å². The molecule has 31 heavy (non-hydrogen) atoms. The normalized spacial score (nSPS) is 26.7. The number of aliphatic hydroxyl groups is 3. The molecule has 0 amide bonds. The number of thioether (sulfide) groups is 1. The number of pyridine rings is 1. The number of ether oxygens (including phenoxy) is 1. The van der Waals surface area contributed by atoms with E-state index in [0.29, 0.717) is 9.37 Å². The average molecular weight is 522 g/mol. The molecule has 3 rings (SSSR count). The molecule has 6 N–H and O–H groups in total. The Morgan fingerprint density at radius 2 is 1.87 bits per heavy atom. The number of nitrogens with one attached hydrogen (secondary N) is 1. The van der Waals surface area contributed by atoms with Crippen LogP contribution < -0.4 is 11.1 Å². The van der Waals surface area contributed by atoms with Gasteiger partial charge >= 0.3 is 0 Å². The molecule has 0 radical (unpaired) electrons. The Morgan fingerprint density at radius 1 is 1.19 bits per heavy atom. The second kappa shape index (κ2) is 10.2. The fourth-order valence-electron chi connectivity index (χ4n) is 2.96. The van der Waals surface area contributed by atoms with Crippen LogP contribution in [0.1, 0.15) is 5.56 Å². The molecule has 5 atom stereocenters. The molecular weight excluding hydrogens is 503 g/mol. The van der Waals surface area contributed by atoms with Crippen LogP contribution in [0.4, 0.5) is 13.2 Å². The summed E-state index contributed by atoms with van der Waals surface area (Å²) in [5, 5.41) is 33.5. The van der Waals surface area contributed by atoms with Gasteiger partial charge in [-0.2, -0.15) is 0 Å². The fraction of sp³-hybridized carbons (Fsp3) is 0.316. The van der Waals surface area contributed by atoms with E-state index >= 15 is 0 Å². The molecule has 2 heterocycles. The van der Waals surface area contributed by atoms with Crippen LogP contribution in [-0.2, 0) is 4.74 Å². The summed E-state index contributed by atoms with van der Waals surface area (Å²) in [4.78, 5) is 4.69. The second-order valence-electron chi connectivity index (χ2n) is 6.71. The quantitative estimate of drug-likeness (QED) is 0.364. The Balaban J connectivity index is 1.80. The zero-order valence-corrected chi connectivity index (χ0v) is 18.2. The van der Waals surface area contributed by atoms with E-state index in [0.717, 1.165) is 30.1 Å². The molecule has 7 nitrogen and oxygen atoms in total. The molecule has 1 fully saturated rings. The second-order valence-corrected chi connectivity index (χ2v) is 8.80. The van der Waals surface area contributed by atoms with Crippen molar-refractivity contribution < 1.29 is 33.2 Å². The molecule has 12 heteroatoms. The van der Waals surface area contributed by atoms with Gasteiger partial charge in [-0.25, -0.2) is 13.2 Å². The molecule has 168 valence electrons. The van der Waals surface area contributed by atoms with E-state index in [-0.39, 0.29) is 11.3 Å². The first kappa shape index (κ1) is 23.8.